The van der Waals surface area contributed by atoms with Gasteiger partial charge in [-0.25, -0.2) is 18.6 Å². The third-order valence-corrected chi connectivity index (χ3v) is 2.14. The molecule has 1 heterocycles. The summed E-state index contributed by atoms with van der Waals surface area (Å²) >= 11 is 0. The van der Waals surface area contributed by atoms with Gasteiger partial charge < -0.3 is 10.1 Å². The lowest BCUT2D eigenvalue weighted by atomic mass is 10.2. The highest BCUT2D eigenvalue weighted by Gasteiger charge is 2.13. The van der Waals surface area contributed by atoms with Crippen molar-refractivity contribution in [3.63, 3.8) is 0 Å². The van der Waals surface area contributed by atoms with Crippen LogP contribution in [-0.4, -0.2) is 21.0 Å². The quantitative estimate of drug-likeness (QED) is 0.846. The highest BCUT2D eigenvalue weighted by Crippen LogP contribution is 2.19. The molecule has 0 saturated carbocycles. The normalized spacial score (nSPS) is 10.3. The standard InChI is InChI=1S/C11H6F2N2O3/c12-5-1-2-7(13)6(3-5)10-14-8(11(17)18)4-9(16)15-10/h1-4H,(H,17,18)(H,14,15,16). The molecule has 0 amide bonds. The molecular weight excluding hydrogens is 246 g/mol. The molecule has 92 valence electrons. The summed E-state index contributed by atoms with van der Waals surface area (Å²) in [5.41, 5.74) is -1.62. The van der Waals surface area contributed by atoms with Gasteiger partial charge >= 0.3 is 5.97 Å². The van der Waals surface area contributed by atoms with E-state index in [0.29, 0.717) is 0 Å². The first-order chi connectivity index (χ1) is 8.47. The van der Waals surface area contributed by atoms with Gasteiger partial charge in [-0.2, -0.15) is 0 Å². The molecule has 0 fully saturated rings. The summed E-state index contributed by atoms with van der Waals surface area (Å²) in [6, 6.07) is 3.33. The van der Waals surface area contributed by atoms with Gasteiger partial charge in [-0.15, -0.1) is 0 Å². The van der Waals surface area contributed by atoms with E-state index in [0.717, 1.165) is 24.3 Å². The molecule has 0 aliphatic carbocycles. The first-order valence-electron chi connectivity index (χ1n) is 4.77. The second kappa shape index (κ2) is 4.36. The molecule has 0 atom stereocenters. The van der Waals surface area contributed by atoms with Gasteiger partial charge in [0.2, 0.25) is 0 Å². The lowest BCUT2D eigenvalue weighted by Gasteiger charge is -2.03. The molecule has 0 unspecified atom stereocenters. The minimum Gasteiger partial charge on any atom is -0.477 e. The molecule has 1 aromatic carbocycles. The van der Waals surface area contributed by atoms with Crippen LogP contribution in [0.25, 0.3) is 11.4 Å². The van der Waals surface area contributed by atoms with Crippen molar-refractivity contribution in [2.75, 3.05) is 0 Å². The van der Waals surface area contributed by atoms with E-state index in [2.05, 4.69) is 9.97 Å². The Bertz CT molecular complexity index is 682. The first kappa shape index (κ1) is 11.9. The van der Waals surface area contributed by atoms with Crippen LogP contribution in [0.3, 0.4) is 0 Å². The van der Waals surface area contributed by atoms with Crippen molar-refractivity contribution in [2.45, 2.75) is 0 Å². The van der Waals surface area contributed by atoms with Gasteiger partial charge in [0.05, 0.1) is 5.56 Å². The highest BCUT2D eigenvalue weighted by atomic mass is 19.1. The van der Waals surface area contributed by atoms with E-state index in [-0.39, 0.29) is 11.4 Å². The highest BCUT2D eigenvalue weighted by molar-refractivity contribution is 5.85. The predicted octanol–water partition coefficient (Wildman–Crippen LogP) is 1.41. The number of H-pyrrole nitrogens is 1. The Morgan fingerprint density at radius 2 is 2.00 bits per heavy atom. The van der Waals surface area contributed by atoms with E-state index in [4.69, 9.17) is 5.11 Å². The largest absolute Gasteiger partial charge is 0.477 e. The number of benzene rings is 1. The molecule has 0 radical (unpaired) electrons. The first-order valence-corrected chi connectivity index (χ1v) is 4.77. The van der Waals surface area contributed by atoms with Crippen molar-refractivity contribution in [3.05, 3.63) is 51.9 Å². The number of carbonyl (C=O) groups is 1. The van der Waals surface area contributed by atoms with Gasteiger partial charge in [-0.3, -0.25) is 4.79 Å². The molecule has 7 heteroatoms. The van der Waals surface area contributed by atoms with E-state index < -0.39 is 28.9 Å². The van der Waals surface area contributed by atoms with E-state index in [1.807, 2.05) is 0 Å². The molecule has 2 rings (SSSR count). The van der Waals surface area contributed by atoms with Gasteiger partial charge in [-0.05, 0) is 18.2 Å². The van der Waals surface area contributed by atoms with E-state index in [1.54, 1.807) is 0 Å². The Morgan fingerprint density at radius 3 is 2.67 bits per heavy atom. The van der Waals surface area contributed by atoms with Crippen molar-refractivity contribution in [3.8, 4) is 11.4 Å². The SMILES string of the molecule is O=C(O)c1cc(=O)[nH]c(-c2cc(F)ccc2F)n1. The van der Waals surface area contributed by atoms with Crippen LogP contribution in [0.2, 0.25) is 0 Å². The minimum atomic E-state index is -1.43. The number of nitrogens with zero attached hydrogens (tertiary/aromatic N) is 1. The van der Waals surface area contributed by atoms with Crippen LogP contribution in [0, 0.1) is 11.6 Å². The second-order valence-electron chi connectivity index (χ2n) is 3.41. The van der Waals surface area contributed by atoms with Gasteiger partial charge in [0.15, 0.2) is 5.69 Å². The molecule has 2 N–H and O–H groups in total. The van der Waals surface area contributed by atoms with Crippen molar-refractivity contribution in [2.24, 2.45) is 0 Å². The molecule has 0 spiro atoms. The van der Waals surface area contributed by atoms with Crippen LogP contribution < -0.4 is 5.56 Å². The van der Waals surface area contributed by atoms with Crippen molar-refractivity contribution < 1.29 is 18.7 Å². The number of aromatic nitrogens is 2. The van der Waals surface area contributed by atoms with E-state index >= 15 is 0 Å². The number of aromatic amines is 1. The summed E-state index contributed by atoms with van der Waals surface area (Å²) in [4.78, 5) is 27.6. The van der Waals surface area contributed by atoms with Crippen molar-refractivity contribution in [1.29, 1.82) is 0 Å². The number of carboxylic acid groups (broad SMARTS) is 1. The summed E-state index contributed by atoms with van der Waals surface area (Å²) in [5, 5.41) is 8.72. The fourth-order valence-electron chi connectivity index (χ4n) is 1.37. The Hall–Kier alpha value is -2.57. The van der Waals surface area contributed by atoms with E-state index in [1.165, 1.54) is 0 Å². The Labute approximate surface area is 98.7 Å². The van der Waals surface area contributed by atoms with Gasteiger partial charge in [-0.1, -0.05) is 0 Å². The fourth-order valence-corrected chi connectivity index (χ4v) is 1.37. The molecule has 5 nitrogen and oxygen atoms in total. The number of rotatable bonds is 2. The van der Waals surface area contributed by atoms with Crippen LogP contribution in [0.4, 0.5) is 8.78 Å². The summed E-state index contributed by atoms with van der Waals surface area (Å²) in [6.07, 6.45) is 0. The van der Waals surface area contributed by atoms with Crippen molar-refractivity contribution >= 4 is 5.97 Å². The molecule has 0 saturated heterocycles. The van der Waals surface area contributed by atoms with Gasteiger partial charge in [0, 0.05) is 6.07 Å². The summed E-state index contributed by atoms with van der Waals surface area (Å²) in [5.74, 6) is -3.31. The molecule has 2 aromatic rings. The Kier molecular flexibility index (Phi) is 2.88. The van der Waals surface area contributed by atoms with Crippen LogP contribution in [0.15, 0.2) is 29.1 Å². The summed E-state index contributed by atoms with van der Waals surface area (Å²) in [7, 11) is 0. The number of hydrogen-bond acceptors (Lipinski definition) is 3. The fraction of sp³-hybridized carbons (Fsp3) is 0. The zero-order valence-corrected chi connectivity index (χ0v) is 8.78. The predicted molar refractivity (Wildman–Crippen MR) is 57.2 cm³/mol. The molecular formula is C11H6F2N2O3. The zero-order chi connectivity index (χ0) is 13.3. The zero-order valence-electron chi connectivity index (χ0n) is 8.78. The third kappa shape index (κ3) is 2.24. The average Bonchev–Trinajstić information content (AvgIpc) is 2.31. The third-order valence-electron chi connectivity index (χ3n) is 2.14. The molecule has 0 aliphatic rings. The number of hydrogen-bond donors (Lipinski definition) is 2. The molecule has 1 aromatic heterocycles. The number of carboxylic acids is 1. The lowest BCUT2D eigenvalue weighted by molar-refractivity contribution is 0.0690. The van der Waals surface area contributed by atoms with Crippen molar-refractivity contribution in [1.82, 2.24) is 9.97 Å². The smallest absolute Gasteiger partial charge is 0.354 e. The second-order valence-corrected chi connectivity index (χ2v) is 3.41. The number of halogens is 2. The lowest BCUT2D eigenvalue weighted by Crippen LogP contribution is -2.14. The topological polar surface area (TPSA) is 83.0 Å². The molecule has 18 heavy (non-hydrogen) atoms. The van der Waals surface area contributed by atoms with Crippen LogP contribution in [0.1, 0.15) is 10.5 Å². The Morgan fingerprint density at radius 1 is 1.28 bits per heavy atom. The average molecular weight is 252 g/mol. The monoisotopic (exact) mass is 252 g/mol. The van der Waals surface area contributed by atoms with Crippen LogP contribution in [-0.2, 0) is 0 Å². The van der Waals surface area contributed by atoms with Crippen LogP contribution in [0.5, 0.6) is 0 Å². The Balaban J connectivity index is 2.67. The van der Waals surface area contributed by atoms with E-state index in [9.17, 15) is 18.4 Å². The van der Waals surface area contributed by atoms with Gasteiger partial charge in [0.1, 0.15) is 17.5 Å². The maximum Gasteiger partial charge on any atom is 0.354 e. The minimum absolute atomic E-state index is 0.310. The van der Waals surface area contributed by atoms with Crippen LogP contribution >= 0.6 is 0 Å². The number of nitrogens with one attached hydrogen (secondary N) is 1. The summed E-state index contributed by atoms with van der Waals surface area (Å²) in [6.45, 7) is 0. The van der Waals surface area contributed by atoms with Gasteiger partial charge in [0.25, 0.3) is 5.56 Å². The molecule has 0 aliphatic heterocycles. The maximum absolute atomic E-state index is 13.4. The maximum atomic E-state index is 13.4. The molecule has 0 bridgehead atoms. The summed E-state index contributed by atoms with van der Waals surface area (Å²) < 4.78 is 26.4. The number of aromatic carboxylic acids is 1.